The summed E-state index contributed by atoms with van der Waals surface area (Å²) in [7, 11) is 3.08. The van der Waals surface area contributed by atoms with Crippen LogP contribution in [-0.2, 0) is 13.1 Å². The average Bonchev–Trinajstić information content (AvgIpc) is 3.45. The molecule has 0 saturated carbocycles. The smallest absolute Gasteiger partial charge is 0.406 e. The minimum atomic E-state index is -4.39. The van der Waals surface area contributed by atoms with Gasteiger partial charge in [0.25, 0.3) is 5.91 Å². The van der Waals surface area contributed by atoms with Crippen LogP contribution in [0, 0.1) is 0 Å². The van der Waals surface area contributed by atoms with Gasteiger partial charge in [-0.1, -0.05) is 18.2 Å². The molecule has 0 aliphatic rings. The highest BCUT2D eigenvalue weighted by molar-refractivity contribution is 5.93. The van der Waals surface area contributed by atoms with E-state index < -0.39 is 18.6 Å². The molecule has 0 aliphatic heterocycles. The van der Waals surface area contributed by atoms with Gasteiger partial charge in [0.15, 0.2) is 5.69 Å². The van der Waals surface area contributed by atoms with Crippen LogP contribution >= 0.6 is 0 Å². The van der Waals surface area contributed by atoms with Gasteiger partial charge in [0.05, 0.1) is 25.0 Å². The molecule has 10 heteroatoms. The first-order valence-corrected chi connectivity index (χ1v) is 10.4. The van der Waals surface area contributed by atoms with Crippen molar-refractivity contribution in [3.63, 3.8) is 0 Å². The third-order valence-corrected chi connectivity index (χ3v) is 5.19. The van der Waals surface area contributed by atoms with E-state index in [1.54, 1.807) is 17.9 Å². The van der Waals surface area contributed by atoms with E-state index in [1.165, 1.54) is 24.3 Å². The van der Waals surface area contributed by atoms with Crippen LogP contribution in [0.4, 0.5) is 13.2 Å². The van der Waals surface area contributed by atoms with Crippen LogP contribution in [0.1, 0.15) is 16.3 Å². The van der Waals surface area contributed by atoms with Crippen molar-refractivity contribution in [1.29, 1.82) is 0 Å². The Hall–Kier alpha value is -4.08. The van der Waals surface area contributed by atoms with Gasteiger partial charge in [-0.25, -0.2) is 9.67 Å². The van der Waals surface area contributed by atoms with Gasteiger partial charge >= 0.3 is 6.18 Å². The second kappa shape index (κ2) is 9.42. The quantitative estimate of drug-likeness (QED) is 0.398. The monoisotopic (exact) mass is 469 g/mol. The van der Waals surface area contributed by atoms with Crippen molar-refractivity contribution in [3.8, 4) is 22.7 Å². The fraction of sp³-hybridized carbons (Fsp3) is 0.208. The molecule has 0 unspecified atom stereocenters. The molecule has 0 fully saturated rings. The number of amides is 1. The number of hydrogen-bond acceptors (Lipinski definition) is 4. The van der Waals surface area contributed by atoms with Crippen LogP contribution in [0.2, 0.25) is 0 Å². The maximum absolute atomic E-state index is 13.2. The lowest BCUT2D eigenvalue weighted by molar-refractivity contribution is -0.141. The van der Waals surface area contributed by atoms with Crippen molar-refractivity contribution >= 4 is 5.91 Å². The Morgan fingerprint density at radius 1 is 1.09 bits per heavy atom. The Morgan fingerprint density at radius 2 is 1.79 bits per heavy atom. The van der Waals surface area contributed by atoms with Crippen LogP contribution in [0.25, 0.3) is 16.9 Å². The molecule has 34 heavy (non-hydrogen) atoms. The summed E-state index contributed by atoms with van der Waals surface area (Å²) in [6, 6.07) is 18.3. The minimum Gasteiger partial charge on any atom is -0.497 e. The second-order valence-electron chi connectivity index (χ2n) is 7.64. The molecule has 0 atom stereocenters. The lowest BCUT2D eigenvalue weighted by atomic mass is 10.1. The highest BCUT2D eigenvalue weighted by Gasteiger charge is 2.29. The zero-order chi connectivity index (χ0) is 24.3. The predicted octanol–water partition coefficient (Wildman–Crippen LogP) is 4.58. The van der Waals surface area contributed by atoms with Crippen molar-refractivity contribution in [2.75, 3.05) is 14.2 Å². The van der Waals surface area contributed by atoms with E-state index in [-0.39, 0.29) is 18.1 Å². The van der Waals surface area contributed by atoms with Crippen LogP contribution in [0.5, 0.6) is 5.75 Å². The molecule has 2 aromatic heterocycles. The number of halogens is 3. The van der Waals surface area contributed by atoms with Gasteiger partial charge in [-0.05, 0) is 42.5 Å². The number of methoxy groups -OCH3 is 1. The van der Waals surface area contributed by atoms with E-state index >= 15 is 0 Å². The zero-order valence-corrected chi connectivity index (χ0v) is 18.5. The number of ether oxygens (including phenoxy) is 1. The molecule has 0 saturated heterocycles. The number of imidazole rings is 1. The summed E-state index contributed by atoms with van der Waals surface area (Å²) in [5.41, 5.74) is 2.42. The fourth-order valence-corrected chi connectivity index (χ4v) is 3.53. The number of hydrogen-bond donors (Lipinski definition) is 0. The maximum Gasteiger partial charge on any atom is 0.406 e. The molecule has 1 amide bonds. The molecule has 7 nitrogen and oxygen atoms in total. The van der Waals surface area contributed by atoms with E-state index in [1.807, 2.05) is 54.6 Å². The van der Waals surface area contributed by atoms with Crippen molar-refractivity contribution in [2.45, 2.75) is 19.3 Å². The molecule has 0 bridgehead atoms. The SMILES string of the molecule is COc1ccc(-c2cc(C(=O)N(C)Cc3nccn3CC(F)(F)F)nn2-c2ccccc2)cc1. The van der Waals surface area contributed by atoms with E-state index in [2.05, 4.69) is 10.1 Å². The van der Waals surface area contributed by atoms with Crippen molar-refractivity contribution in [1.82, 2.24) is 24.2 Å². The van der Waals surface area contributed by atoms with E-state index in [9.17, 15) is 18.0 Å². The normalized spacial score (nSPS) is 11.4. The molecule has 4 aromatic rings. The van der Waals surface area contributed by atoms with Gasteiger partial charge < -0.3 is 14.2 Å². The summed E-state index contributed by atoms with van der Waals surface area (Å²) < 4.78 is 46.3. The Balaban J connectivity index is 1.64. The molecular formula is C24H22F3N5O2. The highest BCUT2D eigenvalue weighted by Crippen LogP contribution is 2.27. The fourth-order valence-electron chi connectivity index (χ4n) is 3.53. The predicted molar refractivity (Wildman–Crippen MR) is 120 cm³/mol. The van der Waals surface area contributed by atoms with Gasteiger partial charge in [0, 0.05) is 25.0 Å². The molecule has 176 valence electrons. The number of nitrogens with zero attached hydrogens (tertiary/aromatic N) is 5. The first-order chi connectivity index (χ1) is 16.2. The molecule has 0 radical (unpaired) electrons. The number of aromatic nitrogens is 4. The molecule has 4 rings (SSSR count). The summed E-state index contributed by atoms with van der Waals surface area (Å²) in [6.07, 6.45) is -1.86. The van der Waals surface area contributed by atoms with E-state index in [0.29, 0.717) is 11.4 Å². The molecule has 0 N–H and O–H groups in total. The minimum absolute atomic E-state index is 0.0992. The summed E-state index contributed by atoms with van der Waals surface area (Å²) in [6.45, 7) is -1.27. The number of carbonyl (C=O) groups is 1. The Morgan fingerprint density at radius 3 is 2.44 bits per heavy atom. The molecule has 2 heterocycles. The van der Waals surface area contributed by atoms with Crippen molar-refractivity contribution in [3.05, 3.63) is 84.6 Å². The Bertz CT molecular complexity index is 1260. The third-order valence-electron chi connectivity index (χ3n) is 5.19. The molecule has 0 aliphatic carbocycles. The summed E-state index contributed by atoms with van der Waals surface area (Å²) in [4.78, 5) is 18.4. The molecular weight excluding hydrogens is 447 g/mol. The lowest BCUT2D eigenvalue weighted by Crippen LogP contribution is -2.29. The van der Waals surface area contributed by atoms with Crippen LogP contribution in [-0.4, -0.2) is 50.5 Å². The second-order valence-corrected chi connectivity index (χ2v) is 7.64. The standard InChI is InChI=1S/C24H22F3N5O2/c1-30(15-22-28-12-13-31(22)16-24(25,26)27)23(33)20-14-21(17-8-10-19(34-2)11-9-17)32(29-20)18-6-4-3-5-7-18/h3-14H,15-16H2,1-2H3. The first kappa shape index (κ1) is 23.1. The van der Waals surface area contributed by atoms with Crippen molar-refractivity contribution in [2.24, 2.45) is 0 Å². The van der Waals surface area contributed by atoms with Crippen molar-refractivity contribution < 1.29 is 22.7 Å². The Kier molecular flexibility index (Phi) is 6.40. The summed E-state index contributed by atoms with van der Waals surface area (Å²) in [5, 5.41) is 4.52. The van der Waals surface area contributed by atoms with Crippen LogP contribution in [0.15, 0.2) is 73.1 Å². The van der Waals surface area contributed by atoms with Gasteiger partial charge in [-0.2, -0.15) is 18.3 Å². The average molecular weight is 469 g/mol. The van der Waals surface area contributed by atoms with Gasteiger partial charge in [-0.3, -0.25) is 4.79 Å². The topological polar surface area (TPSA) is 65.2 Å². The van der Waals surface area contributed by atoms with Crippen LogP contribution < -0.4 is 4.74 Å². The van der Waals surface area contributed by atoms with Gasteiger partial charge in [-0.15, -0.1) is 0 Å². The number of para-hydroxylation sites is 1. The molecule has 2 aromatic carbocycles. The Labute approximate surface area is 194 Å². The first-order valence-electron chi connectivity index (χ1n) is 10.4. The molecule has 0 spiro atoms. The summed E-state index contributed by atoms with van der Waals surface area (Å²) in [5.74, 6) is 0.386. The number of rotatable bonds is 7. The van der Waals surface area contributed by atoms with E-state index in [0.717, 1.165) is 15.8 Å². The highest BCUT2D eigenvalue weighted by atomic mass is 19.4. The maximum atomic E-state index is 13.2. The number of benzene rings is 2. The van der Waals surface area contributed by atoms with Crippen LogP contribution in [0.3, 0.4) is 0 Å². The number of carbonyl (C=O) groups excluding carboxylic acids is 1. The lowest BCUT2D eigenvalue weighted by Gasteiger charge is -2.17. The van der Waals surface area contributed by atoms with Gasteiger partial charge in [0.2, 0.25) is 0 Å². The summed E-state index contributed by atoms with van der Waals surface area (Å²) >= 11 is 0. The zero-order valence-electron chi connectivity index (χ0n) is 18.5. The number of alkyl halides is 3. The van der Waals surface area contributed by atoms with E-state index in [4.69, 9.17) is 4.74 Å². The third kappa shape index (κ3) is 5.11. The van der Waals surface area contributed by atoms with Gasteiger partial charge in [0.1, 0.15) is 18.1 Å². The largest absolute Gasteiger partial charge is 0.497 e.